The van der Waals surface area contributed by atoms with Gasteiger partial charge in [0.15, 0.2) is 0 Å². The third-order valence-electron chi connectivity index (χ3n) is 1.98. The molecule has 0 saturated carbocycles. The molecule has 0 fully saturated rings. The first-order chi connectivity index (χ1) is 6.83. The molecule has 0 nitrogen and oxygen atoms in total. The van der Waals surface area contributed by atoms with Gasteiger partial charge in [-0.1, -0.05) is 60.7 Å². The van der Waals surface area contributed by atoms with E-state index in [1.165, 1.54) is 5.56 Å². The maximum atomic E-state index is 3.97. The van der Waals surface area contributed by atoms with Crippen molar-refractivity contribution in [3.63, 3.8) is 0 Å². The molecule has 0 amide bonds. The average Bonchev–Trinajstić information content (AvgIpc) is 2.25. The Bertz CT molecular complexity index is 317. The van der Waals surface area contributed by atoms with E-state index >= 15 is 0 Å². The molecule has 0 aliphatic heterocycles. The topological polar surface area (TPSA) is 0 Å². The Morgan fingerprint density at radius 3 is 2.57 bits per heavy atom. The summed E-state index contributed by atoms with van der Waals surface area (Å²) in [5.41, 5.74) is 2.36. The van der Waals surface area contributed by atoms with Crippen molar-refractivity contribution < 1.29 is 0 Å². The fraction of sp³-hybridized carbons (Fsp3) is 0.143. The van der Waals surface area contributed by atoms with Crippen molar-refractivity contribution in [1.82, 2.24) is 0 Å². The van der Waals surface area contributed by atoms with Gasteiger partial charge in [0.1, 0.15) is 0 Å². The van der Waals surface area contributed by atoms with Gasteiger partial charge < -0.3 is 0 Å². The molecule has 0 aliphatic carbocycles. The fourth-order valence-electron chi connectivity index (χ4n) is 1.15. The highest BCUT2D eigenvalue weighted by molar-refractivity contribution is 5.52. The number of benzene rings is 1. The first-order valence-corrected chi connectivity index (χ1v) is 4.84. The average molecular weight is 184 g/mol. The summed E-state index contributed by atoms with van der Waals surface area (Å²) in [6, 6.07) is 10.2. The number of rotatable bonds is 5. The lowest BCUT2D eigenvalue weighted by Crippen LogP contribution is -1.75. The van der Waals surface area contributed by atoms with Crippen LogP contribution in [-0.2, 0) is 0 Å². The number of hydrogen-bond acceptors (Lipinski definition) is 0. The lowest BCUT2D eigenvalue weighted by atomic mass is 10.1. The molecular weight excluding hydrogens is 168 g/mol. The molecule has 0 heteroatoms. The second-order valence-electron chi connectivity index (χ2n) is 3.23. The smallest absolute Gasteiger partial charge is 0.0250 e. The van der Waals surface area contributed by atoms with Crippen molar-refractivity contribution in [1.29, 1.82) is 0 Å². The Kier molecular flexibility index (Phi) is 4.49. The molecule has 0 atom stereocenters. The minimum atomic E-state index is 0.993. The summed E-state index contributed by atoms with van der Waals surface area (Å²) >= 11 is 0. The van der Waals surface area contributed by atoms with Crippen LogP contribution in [0.25, 0.3) is 6.08 Å². The minimum absolute atomic E-state index is 0.993. The maximum Gasteiger partial charge on any atom is -0.0250 e. The van der Waals surface area contributed by atoms with E-state index in [1.54, 1.807) is 0 Å². The summed E-state index contributed by atoms with van der Waals surface area (Å²) in [6.45, 7) is 7.66. The van der Waals surface area contributed by atoms with E-state index in [4.69, 9.17) is 0 Å². The van der Waals surface area contributed by atoms with Crippen LogP contribution in [0.1, 0.15) is 18.4 Å². The van der Waals surface area contributed by atoms with Gasteiger partial charge in [0.05, 0.1) is 0 Å². The molecule has 0 spiro atoms. The third-order valence-corrected chi connectivity index (χ3v) is 1.98. The van der Waals surface area contributed by atoms with Crippen LogP contribution in [0, 0.1) is 0 Å². The van der Waals surface area contributed by atoms with Gasteiger partial charge in [-0.05, 0) is 18.4 Å². The Hall–Kier alpha value is -1.56. The monoisotopic (exact) mass is 184 g/mol. The largest absolute Gasteiger partial charge is 0.103 e. The highest BCUT2D eigenvalue weighted by atomic mass is 13.9. The molecule has 0 radical (unpaired) electrons. The van der Waals surface area contributed by atoms with Crippen molar-refractivity contribution >= 4 is 6.08 Å². The van der Waals surface area contributed by atoms with E-state index in [0.717, 1.165) is 18.4 Å². The Labute approximate surface area is 86.3 Å². The Balaban J connectivity index is 2.48. The highest BCUT2D eigenvalue weighted by Gasteiger charge is 1.87. The summed E-state index contributed by atoms with van der Waals surface area (Å²) in [4.78, 5) is 0. The predicted octanol–water partition coefficient (Wildman–Crippen LogP) is 4.22. The van der Waals surface area contributed by atoms with Gasteiger partial charge in [-0.15, -0.1) is 6.58 Å². The molecule has 0 aliphatic rings. The van der Waals surface area contributed by atoms with Crippen LogP contribution in [0.2, 0.25) is 0 Å². The van der Waals surface area contributed by atoms with Crippen molar-refractivity contribution in [3.05, 3.63) is 66.8 Å². The number of allylic oxidation sites excluding steroid dienone is 3. The van der Waals surface area contributed by atoms with Gasteiger partial charge in [0.25, 0.3) is 0 Å². The second kappa shape index (κ2) is 5.98. The molecule has 0 heterocycles. The summed E-state index contributed by atoms with van der Waals surface area (Å²) < 4.78 is 0. The normalized spacial score (nSPS) is 10.3. The molecule has 0 aromatic heterocycles. The summed E-state index contributed by atoms with van der Waals surface area (Å²) in [6.07, 6.45) is 8.07. The van der Waals surface area contributed by atoms with Crippen LogP contribution < -0.4 is 0 Å². The van der Waals surface area contributed by atoms with Crippen LogP contribution in [0.5, 0.6) is 0 Å². The van der Waals surface area contributed by atoms with E-state index in [1.807, 2.05) is 24.3 Å². The fourth-order valence-corrected chi connectivity index (χ4v) is 1.15. The van der Waals surface area contributed by atoms with E-state index < -0.39 is 0 Å². The molecule has 1 rings (SSSR count). The van der Waals surface area contributed by atoms with Crippen LogP contribution in [0.4, 0.5) is 0 Å². The van der Waals surface area contributed by atoms with Crippen LogP contribution in [-0.4, -0.2) is 0 Å². The zero-order valence-corrected chi connectivity index (χ0v) is 8.45. The molecule has 0 saturated heterocycles. The van der Waals surface area contributed by atoms with Crippen molar-refractivity contribution in [2.75, 3.05) is 0 Å². The molecule has 1 aromatic carbocycles. The minimum Gasteiger partial charge on any atom is -0.103 e. The Morgan fingerprint density at radius 2 is 1.93 bits per heavy atom. The zero-order chi connectivity index (χ0) is 10.2. The zero-order valence-electron chi connectivity index (χ0n) is 8.45. The lowest BCUT2D eigenvalue weighted by Gasteiger charge is -1.96. The van der Waals surface area contributed by atoms with Crippen molar-refractivity contribution in [2.45, 2.75) is 12.8 Å². The second-order valence-corrected chi connectivity index (χ2v) is 3.23. The van der Waals surface area contributed by atoms with E-state index in [-0.39, 0.29) is 0 Å². The highest BCUT2D eigenvalue weighted by Crippen LogP contribution is 2.08. The first kappa shape index (κ1) is 10.5. The summed E-state index contributed by atoms with van der Waals surface area (Å²) in [5.74, 6) is 0. The van der Waals surface area contributed by atoms with Gasteiger partial charge in [0.2, 0.25) is 0 Å². The van der Waals surface area contributed by atoms with Gasteiger partial charge >= 0.3 is 0 Å². The van der Waals surface area contributed by atoms with Crippen LogP contribution >= 0.6 is 0 Å². The van der Waals surface area contributed by atoms with E-state index in [0.29, 0.717) is 0 Å². The van der Waals surface area contributed by atoms with E-state index in [2.05, 4.69) is 37.4 Å². The summed E-state index contributed by atoms with van der Waals surface area (Å²) in [7, 11) is 0. The summed E-state index contributed by atoms with van der Waals surface area (Å²) in [5, 5.41) is 0. The first-order valence-electron chi connectivity index (χ1n) is 4.84. The molecular formula is C14H16. The van der Waals surface area contributed by atoms with Crippen molar-refractivity contribution in [3.8, 4) is 0 Å². The van der Waals surface area contributed by atoms with Gasteiger partial charge in [-0.3, -0.25) is 0 Å². The number of hydrogen-bond donors (Lipinski definition) is 0. The molecule has 0 unspecified atom stereocenters. The molecule has 0 bridgehead atoms. The predicted molar refractivity (Wildman–Crippen MR) is 64.0 cm³/mol. The van der Waals surface area contributed by atoms with Gasteiger partial charge in [-0.2, -0.15) is 0 Å². The van der Waals surface area contributed by atoms with Crippen molar-refractivity contribution in [2.24, 2.45) is 0 Å². The standard InChI is InChI=1S/C14H16/c1-3-4-8-13(2)11-12-14-9-6-5-7-10-14/h3,5-7,9-12H,1-2,4,8H2. The van der Waals surface area contributed by atoms with Crippen LogP contribution in [0.15, 0.2) is 61.2 Å². The quantitative estimate of drug-likeness (QED) is 0.474. The molecule has 1 aromatic rings. The maximum absolute atomic E-state index is 3.97. The molecule has 0 N–H and O–H groups in total. The van der Waals surface area contributed by atoms with E-state index in [9.17, 15) is 0 Å². The van der Waals surface area contributed by atoms with Crippen LogP contribution in [0.3, 0.4) is 0 Å². The van der Waals surface area contributed by atoms with Gasteiger partial charge in [-0.25, -0.2) is 0 Å². The third kappa shape index (κ3) is 3.90. The van der Waals surface area contributed by atoms with Gasteiger partial charge in [0, 0.05) is 0 Å². The Morgan fingerprint density at radius 1 is 1.21 bits per heavy atom. The molecule has 14 heavy (non-hydrogen) atoms. The SMILES string of the molecule is C=CCCC(=C)C=Cc1ccccc1. The molecule has 72 valence electrons. The lowest BCUT2D eigenvalue weighted by molar-refractivity contribution is 1.02.